The van der Waals surface area contributed by atoms with Crippen molar-refractivity contribution in [3.05, 3.63) is 64.7 Å². The molecule has 0 bridgehead atoms. The monoisotopic (exact) mass is 345 g/mol. The minimum absolute atomic E-state index is 0.168. The lowest BCUT2D eigenvalue weighted by molar-refractivity contribution is 0.0697. The second-order valence-corrected chi connectivity index (χ2v) is 7.92. The molecule has 2 aromatic carbocycles. The number of carboxylic acid groups (broad SMARTS) is 1. The number of rotatable bonds is 2. The molecule has 0 unspecified atom stereocenters. The first-order valence-electron chi connectivity index (χ1n) is 9.21. The quantitative estimate of drug-likeness (QED) is 0.818. The molecule has 0 saturated heterocycles. The number of hydrogen-bond donors (Lipinski definition) is 1. The number of benzene rings is 2. The maximum Gasteiger partial charge on any atom is 0.335 e. The standard InChI is InChI=1S/C23H23NO2/c1-23(2)13-14-24(19-10-11-19)21-12-7-17(15-20(21)23)4-3-16-5-8-18(9-6-16)22(25)26/h5-9,12,15,19H,10-11,13-14H2,1-2H3,(H,25,26). The summed E-state index contributed by atoms with van der Waals surface area (Å²) < 4.78 is 0. The Bertz CT molecular complexity index is 911. The Morgan fingerprint density at radius 1 is 1.08 bits per heavy atom. The van der Waals surface area contributed by atoms with Crippen LogP contribution in [0.5, 0.6) is 0 Å². The van der Waals surface area contributed by atoms with E-state index in [2.05, 4.69) is 48.8 Å². The summed E-state index contributed by atoms with van der Waals surface area (Å²) in [6.45, 7) is 5.78. The molecule has 2 aromatic rings. The van der Waals surface area contributed by atoms with Gasteiger partial charge in [-0.05, 0) is 72.7 Å². The van der Waals surface area contributed by atoms with Crippen LogP contribution < -0.4 is 4.90 Å². The van der Waals surface area contributed by atoms with Crippen LogP contribution >= 0.6 is 0 Å². The maximum absolute atomic E-state index is 10.9. The van der Waals surface area contributed by atoms with E-state index in [4.69, 9.17) is 5.11 Å². The molecule has 1 saturated carbocycles. The lowest BCUT2D eigenvalue weighted by Gasteiger charge is -2.40. The van der Waals surface area contributed by atoms with Crippen LogP contribution in [0.2, 0.25) is 0 Å². The minimum atomic E-state index is -0.915. The van der Waals surface area contributed by atoms with Gasteiger partial charge in [0.15, 0.2) is 0 Å². The Balaban J connectivity index is 1.64. The molecule has 26 heavy (non-hydrogen) atoms. The number of carbonyl (C=O) groups is 1. The van der Waals surface area contributed by atoms with Crippen molar-refractivity contribution >= 4 is 11.7 Å². The Morgan fingerprint density at radius 3 is 2.38 bits per heavy atom. The Hall–Kier alpha value is -2.73. The molecule has 0 amide bonds. The molecule has 1 aliphatic heterocycles. The summed E-state index contributed by atoms with van der Waals surface area (Å²) in [4.78, 5) is 13.5. The van der Waals surface area contributed by atoms with Gasteiger partial charge >= 0.3 is 5.97 Å². The van der Waals surface area contributed by atoms with Gasteiger partial charge in [-0.1, -0.05) is 25.7 Å². The number of carboxylic acids is 1. The highest BCUT2D eigenvalue weighted by molar-refractivity contribution is 5.87. The van der Waals surface area contributed by atoms with Gasteiger partial charge in [0.2, 0.25) is 0 Å². The number of nitrogens with zero attached hydrogens (tertiary/aromatic N) is 1. The number of fused-ring (bicyclic) bond motifs is 1. The van der Waals surface area contributed by atoms with Gasteiger partial charge in [0.25, 0.3) is 0 Å². The Kier molecular flexibility index (Phi) is 4.00. The summed E-state index contributed by atoms with van der Waals surface area (Å²) in [5, 5.41) is 8.97. The van der Waals surface area contributed by atoms with E-state index in [0.29, 0.717) is 0 Å². The third-order valence-electron chi connectivity index (χ3n) is 5.48. The largest absolute Gasteiger partial charge is 0.478 e. The highest BCUT2D eigenvalue weighted by Crippen LogP contribution is 2.44. The van der Waals surface area contributed by atoms with Crippen molar-refractivity contribution in [3.8, 4) is 11.8 Å². The van der Waals surface area contributed by atoms with Gasteiger partial charge in [-0.2, -0.15) is 0 Å². The molecule has 3 nitrogen and oxygen atoms in total. The van der Waals surface area contributed by atoms with Crippen LogP contribution in [-0.4, -0.2) is 23.7 Å². The van der Waals surface area contributed by atoms with Gasteiger partial charge in [-0.25, -0.2) is 4.79 Å². The summed E-state index contributed by atoms with van der Waals surface area (Å²) >= 11 is 0. The fraction of sp³-hybridized carbons (Fsp3) is 0.348. The zero-order chi connectivity index (χ0) is 18.3. The number of aromatic carboxylic acids is 1. The summed E-state index contributed by atoms with van der Waals surface area (Å²) in [7, 11) is 0. The van der Waals surface area contributed by atoms with Crippen LogP contribution in [0, 0.1) is 11.8 Å². The molecule has 0 atom stereocenters. The van der Waals surface area contributed by atoms with Crippen molar-refractivity contribution < 1.29 is 9.90 Å². The second-order valence-electron chi connectivity index (χ2n) is 7.92. The fourth-order valence-electron chi connectivity index (χ4n) is 3.67. The molecule has 0 spiro atoms. The van der Waals surface area contributed by atoms with Gasteiger partial charge in [0.1, 0.15) is 0 Å². The van der Waals surface area contributed by atoms with Gasteiger partial charge in [0.05, 0.1) is 5.56 Å². The molecule has 132 valence electrons. The first kappa shape index (κ1) is 16.7. The zero-order valence-corrected chi connectivity index (χ0v) is 15.2. The molecule has 4 rings (SSSR count). The van der Waals surface area contributed by atoms with Gasteiger partial charge in [0, 0.05) is 29.4 Å². The van der Waals surface area contributed by atoms with Crippen molar-refractivity contribution in [1.29, 1.82) is 0 Å². The maximum atomic E-state index is 10.9. The first-order chi connectivity index (χ1) is 12.4. The van der Waals surface area contributed by atoms with Gasteiger partial charge in [-0.3, -0.25) is 0 Å². The van der Waals surface area contributed by atoms with Crippen LogP contribution in [0.25, 0.3) is 0 Å². The topological polar surface area (TPSA) is 40.5 Å². The Labute approximate surface area is 154 Å². The summed E-state index contributed by atoms with van der Waals surface area (Å²) in [6.07, 6.45) is 3.80. The molecule has 0 aromatic heterocycles. The van der Waals surface area contributed by atoms with Crippen LogP contribution in [0.15, 0.2) is 42.5 Å². The molecular weight excluding hydrogens is 322 g/mol. The highest BCUT2D eigenvalue weighted by atomic mass is 16.4. The normalized spacial score (nSPS) is 17.8. The van der Waals surface area contributed by atoms with E-state index in [1.807, 2.05) is 0 Å². The number of hydrogen-bond acceptors (Lipinski definition) is 2. The Morgan fingerprint density at radius 2 is 1.73 bits per heavy atom. The highest BCUT2D eigenvalue weighted by Gasteiger charge is 2.37. The first-order valence-corrected chi connectivity index (χ1v) is 9.21. The van der Waals surface area contributed by atoms with E-state index in [-0.39, 0.29) is 11.0 Å². The van der Waals surface area contributed by atoms with E-state index >= 15 is 0 Å². The zero-order valence-electron chi connectivity index (χ0n) is 15.2. The third kappa shape index (κ3) is 3.20. The molecule has 1 aliphatic carbocycles. The van der Waals surface area contributed by atoms with Crippen LogP contribution in [0.3, 0.4) is 0 Å². The average Bonchev–Trinajstić information content (AvgIpc) is 3.45. The molecule has 1 fully saturated rings. The van der Waals surface area contributed by atoms with Gasteiger partial charge < -0.3 is 10.0 Å². The van der Waals surface area contributed by atoms with Crippen LogP contribution in [0.4, 0.5) is 5.69 Å². The molecule has 0 radical (unpaired) electrons. The molecule has 1 N–H and O–H groups in total. The average molecular weight is 345 g/mol. The predicted octanol–water partition coefficient (Wildman–Crippen LogP) is 4.43. The lowest BCUT2D eigenvalue weighted by atomic mass is 9.77. The SMILES string of the molecule is CC1(C)CCN(C2CC2)c2ccc(C#Cc3ccc(C(=O)O)cc3)cc21. The van der Waals surface area contributed by atoms with E-state index in [9.17, 15) is 4.79 Å². The van der Waals surface area contributed by atoms with Crippen LogP contribution in [-0.2, 0) is 5.41 Å². The summed E-state index contributed by atoms with van der Waals surface area (Å²) in [5.41, 5.74) is 5.06. The van der Waals surface area contributed by atoms with Crippen molar-refractivity contribution in [2.24, 2.45) is 0 Å². The van der Waals surface area contributed by atoms with Crippen molar-refractivity contribution in [2.75, 3.05) is 11.4 Å². The van der Waals surface area contributed by atoms with Crippen LogP contribution in [0.1, 0.15) is 60.2 Å². The van der Waals surface area contributed by atoms with Crippen molar-refractivity contribution in [1.82, 2.24) is 0 Å². The molecular formula is C23H23NO2. The summed E-state index contributed by atoms with van der Waals surface area (Å²) in [5.74, 6) is 5.48. The summed E-state index contributed by atoms with van der Waals surface area (Å²) in [6, 6.07) is 14.0. The minimum Gasteiger partial charge on any atom is -0.478 e. The fourth-order valence-corrected chi connectivity index (χ4v) is 3.67. The smallest absolute Gasteiger partial charge is 0.335 e. The molecule has 2 aliphatic rings. The van der Waals surface area contributed by atoms with E-state index < -0.39 is 5.97 Å². The van der Waals surface area contributed by atoms with Gasteiger partial charge in [-0.15, -0.1) is 0 Å². The molecule has 3 heteroatoms. The lowest BCUT2D eigenvalue weighted by Crippen LogP contribution is -2.38. The second kappa shape index (κ2) is 6.21. The van der Waals surface area contributed by atoms with E-state index in [1.54, 1.807) is 24.3 Å². The molecule has 1 heterocycles. The number of anilines is 1. The van der Waals surface area contributed by atoms with Crippen molar-refractivity contribution in [3.63, 3.8) is 0 Å². The van der Waals surface area contributed by atoms with E-state index in [0.717, 1.165) is 23.7 Å². The third-order valence-corrected chi connectivity index (χ3v) is 5.48. The van der Waals surface area contributed by atoms with E-state index in [1.165, 1.54) is 30.5 Å². The van der Waals surface area contributed by atoms with Crippen molar-refractivity contribution in [2.45, 2.75) is 44.6 Å². The predicted molar refractivity (Wildman–Crippen MR) is 104 cm³/mol.